The van der Waals surface area contributed by atoms with Gasteiger partial charge in [0.1, 0.15) is 11.7 Å². The number of nitrogens with one attached hydrogen (secondary N) is 1. The SMILES string of the molecule is Cc1ccc(NC(=O)COC(=O)C(CC(C)C)N2C(=O)c3ccccc3C2=O)c([N+](=O)[O-])c1. The molecule has 1 heterocycles. The van der Waals surface area contributed by atoms with Gasteiger partial charge >= 0.3 is 5.97 Å². The Bertz CT molecular complexity index is 1110. The maximum Gasteiger partial charge on any atom is 0.329 e. The molecule has 3 amide bonds. The highest BCUT2D eigenvalue weighted by molar-refractivity contribution is 6.22. The molecule has 0 saturated carbocycles. The first-order chi connectivity index (χ1) is 15.6. The first-order valence-electron chi connectivity index (χ1n) is 10.3. The lowest BCUT2D eigenvalue weighted by Gasteiger charge is -2.25. The van der Waals surface area contributed by atoms with E-state index in [9.17, 15) is 29.3 Å². The molecule has 3 rings (SSSR count). The van der Waals surface area contributed by atoms with Gasteiger partial charge in [0.05, 0.1) is 16.1 Å². The summed E-state index contributed by atoms with van der Waals surface area (Å²) in [5, 5.41) is 13.6. The molecule has 1 atom stereocenters. The van der Waals surface area contributed by atoms with Crippen LogP contribution in [0.3, 0.4) is 0 Å². The number of benzene rings is 2. The summed E-state index contributed by atoms with van der Waals surface area (Å²) in [6.07, 6.45) is 0.148. The molecule has 172 valence electrons. The fourth-order valence-electron chi connectivity index (χ4n) is 3.56. The van der Waals surface area contributed by atoms with Crippen LogP contribution in [-0.4, -0.2) is 46.2 Å². The molecule has 0 aliphatic carbocycles. The van der Waals surface area contributed by atoms with Crippen LogP contribution in [0.15, 0.2) is 42.5 Å². The highest BCUT2D eigenvalue weighted by Gasteiger charge is 2.43. The lowest BCUT2D eigenvalue weighted by Crippen LogP contribution is -2.46. The van der Waals surface area contributed by atoms with Crippen LogP contribution in [-0.2, 0) is 14.3 Å². The van der Waals surface area contributed by atoms with Crippen LogP contribution in [0.4, 0.5) is 11.4 Å². The standard InChI is InChI=1S/C23H23N3O7/c1-13(2)10-19(25-21(28)15-6-4-5-7-16(15)22(25)29)23(30)33-12-20(27)24-17-9-8-14(3)11-18(17)26(31)32/h4-9,11,13,19H,10,12H2,1-3H3,(H,24,27). The van der Waals surface area contributed by atoms with Crippen molar-refractivity contribution in [3.63, 3.8) is 0 Å². The van der Waals surface area contributed by atoms with Gasteiger partial charge in [-0.3, -0.25) is 29.4 Å². The quantitative estimate of drug-likeness (QED) is 0.281. The zero-order valence-electron chi connectivity index (χ0n) is 18.4. The molecule has 1 aliphatic rings. The van der Waals surface area contributed by atoms with Gasteiger partial charge in [-0.05, 0) is 43.0 Å². The minimum Gasteiger partial charge on any atom is -0.454 e. The van der Waals surface area contributed by atoms with Gasteiger partial charge in [-0.1, -0.05) is 32.0 Å². The van der Waals surface area contributed by atoms with Gasteiger partial charge in [-0.2, -0.15) is 0 Å². The molecular weight excluding hydrogens is 430 g/mol. The molecule has 1 aliphatic heterocycles. The number of hydrogen-bond acceptors (Lipinski definition) is 7. The summed E-state index contributed by atoms with van der Waals surface area (Å²) >= 11 is 0. The number of nitro groups is 1. The zero-order valence-corrected chi connectivity index (χ0v) is 18.4. The first kappa shape index (κ1) is 23.6. The van der Waals surface area contributed by atoms with E-state index < -0.39 is 41.3 Å². The topological polar surface area (TPSA) is 136 Å². The Labute approximate surface area is 189 Å². The van der Waals surface area contributed by atoms with Gasteiger partial charge in [-0.15, -0.1) is 0 Å². The first-order valence-corrected chi connectivity index (χ1v) is 10.3. The van der Waals surface area contributed by atoms with E-state index in [2.05, 4.69) is 5.32 Å². The summed E-state index contributed by atoms with van der Waals surface area (Å²) in [4.78, 5) is 62.2. The van der Waals surface area contributed by atoms with Crippen molar-refractivity contribution in [2.45, 2.75) is 33.2 Å². The van der Waals surface area contributed by atoms with Gasteiger partial charge < -0.3 is 10.1 Å². The predicted molar refractivity (Wildman–Crippen MR) is 118 cm³/mol. The number of amides is 3. The Morgan fingerprint density at radius 2 is 1.70 bits per heavy atom. The lowest BCUT2D eigenvalue weighted by molar-refractivity contribution is -0.384. The highest BCUT2D eigenvalue weighted by Crippen LogP contribution is 2.28. The Balaban J connectivity index is 1.72. The van der Waals surface area contributed by atoms with Crippen molar-refractivity contribution >= 4 is 35.1 Å². The summed E-state index contributed by atoms with van der Waals surface area (Å²) < 4.78 is 5.10. The zero-order chi connectivity index (χ0) is 24.3. The van der Waals surface area contributed by atoms with E-state index in [-0.39, 0.29) is 34.8 Å². The normalized spacial score (nSPS) is 13.6. The Morgan fingerprint density at radius 3 is 2.24 bits per heavy atom. The molecule has 0 radical (unpaired) electrons. The third-order valence-corrected chi connectivity index (χ3v) is 5.07. The summed E-state index contributed by atoms with van der Waals surface area (Å²) in [6.45, 7) is 4.58. The fourth-order valence-corrected chi connectivity index (χ4v) is 3.56. The maximum absolute atomic E-state index is 12.8. The number of hydrogen-bond donors (Lipinski definition) is 1. The Kier molecular flexibility index (Phi) is 6.86. The monoisotopic (exact) mass is 453 g/mol. The number of aryl methyl sites for hydroxylation is 1. The number of esters is 1. The van der Waals surface area contributed by atoms with Crippen molar-refractivity contribution in [2.75, 3.05) is 11.9 Å². The number of carbonyl (C=O) groups is 4. The van der Waals surface area contributed by atoms with Crippen molar-refractivity contribution in [1.29, 1.82) is 0 Å². The van der Waals surface area contributed by atoms with Crippen LogP contribution in [0.5, 0.6) is 0 Å². The number of nitro benzene ring substituents is 1. The largest absolute Gasteiger partial charge is 0.454 e. The summed E-state index contributed by atoms with van der Waals surface area (Å²) in [5.74, 6) is -2.96. The minimum atomic E-state index is -1.21. The predicted octanol–water partition coefficient (Wildman–Crippen LogP) is 3.10. The fraction of sp³-hybridized carbons (Fsp3) is 0.304. The maximum atomic E-state index is 12.8. The lowest BCUT2D eigenvalue weighted by atomic mass is 10.0. The molecule has 1 N–H and O–H groups in total. The van der Waals surface area contributed by atoms with Gasteiger partial charge in [0.25, 0.3) is 23.4 Å². The molecule has 0 fully saturated rings. The average Bonchev–Trinajstić information content (AvgIpc) is 3.01. The highest BCUT2D eigenvalue weighted by atomic mass is 16.6. The van der Waals surface area contributed by atoms with E-state index in [1.54, 1.807) is 25.1 Å². The van der Waals surface area contributed by atoms with Crippen molar-refractivity contribution in [2.24, 2.45) is 5.92 Å². The Hall–Kier alpha value is -4.08. The van der Waals surface area contributed by atoms with E-state index in [0.29, 0.717) is 5.56 Å². The van der Waals surface area contributed by atoms with Crippen molar-refractivity contribution in [3.05, 3.63) is 69.3 Å². The number of carbonyl (C=O) groups excluding carboxylic acids is 4. The number of ether oxygens (including phenoxy) is 1. The van der Waals surface area contributed by atoms with E-state index in [1.165, 1.54) is 24.3 Å². The number of anilines is 1. The van der Waals surface area contributed by atoms with Crippen molar-refractivity contribution in [3.8, 4) is 0 Å². The molecule has 0 aromatic heterocycles. The smallest absolute Gasteiger partial charge is 0.329 e. The van der Waals surface area contributed by atoms with Crippen LogP contribution in [0.25, 0.3) is 0 Å². The summed E-state index contributed by atoms with van der Waals surface area (Å²) in [5.41, 5.74) is 0.717. The van der Waals surface area contributed by atoms with E-state index in [0.717, 1.165) is 4.90 Å². The summed E-state index contributed by atoms with van der Waals surface area (Å²) in [6, 6.07) is 9.34. The molecule has 2 aromatic carbocycles. The van der Waals surface area contributed by atoms with E-state index in [4.69, 9.17) is 4.74 Å². The summed E-state index contributed by atoms with van der Waals surface area (Å²) in [7, 11) is 0. The van der Waals surface area contributed by atoms with Crippen LogP contribution in [0, 0.1) is 23.0 Å². The van der Waals surface area contributed by atoms with E-state index in [1.807, 2.05) is 13.8 Å². The minimum absolute atomic E-state index is 0.0364. The van der Waals surface area contributed by atoms with Gasteiger partial charge in [-0.25, -0.2) is 4.79 Å². The number of imide groups is 1. The second kappa shape index (κ2) is 9.60. The molecule has 10 heteroatoms. The van der Waals surface area contributed by atoms with Gasteiger partial charge in [0.15, 0.2) is 6.61 Å². The van der Waals surface area contributed by atoms with Gasteiger partial charge in [0.2, 0.25) is 0 Å². The number of fused-ring (bicyclic) bond motifs is 1. The van der Waals surface area contributed by atoms with Crippen LogP contribution < -0.4 is 5.32 Å². The molecule has 2 aromatic rings. The molecular formula is C23H23N3O7. The second-order valence-corrected chi connectivity index (χ2v) is 8.10. The van der Waals surface area contributed by atoms with Crippen LogP contribution >= 0.6 is 0 Å². The number of rotatable bonds is 8. The van der Waals surface area contributed by atoms with Crippen LogP contribution in [0.1, 0.15) is 46.5 Å². The number of nitrogens with zero attached hydrogens (tertiary/aromatic N) is 2. The third-order valence-electron chi connectivity index (χ3n) is 5.07. The van der Waals surface area contributed by atoms with Crippen molar-refractivity contribution in [1.82, 2.24) is 4.90 Å². The average molecular weight is 453 g/mol. The third kappa shape index (κ3) is 5.05. The molecule has 33 heavy (non-hydrogen) atoms. The van der Waals surface area contributed by atoms with E-state index >= 15 is 0 Å². The molecule has 0 bridgehead atoms. The van der Waals surface area contributed by atoms with Crippen LogP contribution in [0.2, 0.25) is 0 Å². The molecule has 1 unspecified atom stereocenters. The molecule has 10 nitrogen and oxygen atoms in total. The van der Waals surface area contributed by atoms with Crippen molar-refractivity contribution < 1.29 is 28.8 Å². The molecule has 0 saturated heterocycles. The second-order valence-electron chi connectivity index (χ2n) is 8.10. The van der Waals surface area contributed by atoms with Gasteiger partial charge in [0, 0.05) is 6.07 Å². The Morgan fingerprint density at radius 1 is 1.09 bits per heavy atom. The molecule has 0 spiro atoms.